The molecule has 2 saturated heterocycles. The fourth-order valence-electron chi connectivity index (χ4n) is 5.31. The number of ether oxygens (including phenoxy) is 3. The third-order valence-electron chi connectivity index (χ3n) is 7.69. The van der Waals surface area contributed by atoms with E-state index in [9.17, 15) is 24.6 Å². The van der Waals surface area contributed by atoms with Gasteiger partial charge < -0.3 is 29.7 Å². The molecule has 3 N–H and O–H groups in total. The molecule has 0 spiro atoms. The van der Waals surface area contributed by atoms with Crippen molar-refractivity contribution in [3.8, 4) is 0 Å². The molecule has 11 heteroatoms. The van der Waals surface area contributed by atoms with Crippen LogP contribution in [-0.2, 0) is 37.0 Å². The van der Waals surface area contributed by atoms with Gasteiger partial charge in [-0.1, -0.05) is 73.7 Å². The lowest BCUT2D eigenvalue weighted by atomic mass is 9.91. The van der Waals surface area contributed by atoms with Crippen LogP contribution in [0.2, 0.25) is 0 Å². The topological polar surface area (TPSA) is 135 Å². The standard InChI is InChI=1S/C33H36N2O8S/c1-21-28(20-44-15-14-36)42-32(43-30(21)24-12-10-22(18-37)11-13-24)25-8-5-9-26(16-25)35-29(38)17-27(31(35)39)34-33(40)41-19-23-6-3-2-4-7-23/h2-13,16,21,27-28,30,32,36-37H,14-15,17-20H2,1H3,(H,34,40)/t21-,27?,28+,30+,32+/m0/s1. The summed E-state index contributed by atoms with van der Waals surface area (Å²) < 4.78 is 18.1. The molecule has 5 atom stereocenters. The number of hydrogen-bond acceptors (Lipinski definition) is 9. The number of thioether (sulfide) groups is 1. The van der Waals surface area contributed by atoms with E-state index in [0.29, 0.717) is 22.8 Å². The Morgan fingerprint density at radius 2 is 1.75 bits per heavy atom. The van der Waals surface area contributed by atoms with Crippen molar-refractivity contribution in [1.82, 2.24) is 5.32 Å². The van der Waals surface area contributed by atoms with Crippen molar-refractivity contribution in [2.24, 2.45) is 5.92 Å². The number of carbonyl (C=O) groups excluding carboxylic acids is 3. The minimum Gasteiger partial charge on any atom is -0.445 e. The Balaban J connectivity index is 1.30. The van der Waals surface area contributed by atoms with Gasteiger partial charge in [0.05, 0.1) is 37.5 Å². The van der Waals surface area contributed by atoms with Crippen LogP contribution < -0.4 is 10.2 Å². The summed E-state index contributed by atoms with van der Waals surface area (Å²) in [6.07, 6.45) is -2.29. The maximum Gasteiger partial charge on any atom is 0.408 e. The summed E-state index contributed by atoms with van der Waals surface area (Å²) in [7, 11) is 0. The number of amides is 3. The molecule has 0 radical (unpaired) electrons. The van der Waals surface area contributed by atoms with E-state index in [4.69, 9.17) is 14.2 Å². The zero-order chi connectivity index (χ0) is 31.1. The largest absolute Gasteiger partial charge is 0.445 e. The molecular formula is C33H36N2O8S. The maximum atomic E-state index is 13.3. The Labute approximate surface area is 260 Å². The maximum absolute atomic E-state index is 13.3. The highest BCUT2D eigenvalue weighted by Gasteiger charge is 2.42. The number of rotatable bonds is 11. The average Bonchev–Trinajstić information content (AvgIpc) is 3.33. The predicted molar refractivity (Wildman–Crippen MR) is 164 cm³/mol. The van der Waals surface area contributed by atoms with Crippen molar-refractivity contribution in [2.45, 2.75) is 51.1 Å². The van der Waals surface area contributed by atoms with Gasteiger partial charge in [-0.25, -0.2) is 9.69 Å². The van der Waals surface area contributed by atoms with Crippen molar-refractivity contribution in [3.63, 3.8) is 0 Å². The highest BCUT2D eigenvalue weighted by molar-refractivity contribution is 7.99. The summed E-state index contributed by atoms with van der Waals surface area (Å²) in [5.41, 5.74) is 3.51. The summed E-state index contributed by atoms with van der Waals surface area (Å²) >= 11 is 1.59. The minimum atomic E-state index is -1.04. The first kappa shape index (κ1) is 31.7. The summed E-state index contributed by atoms with van der Waals surface area (Å²) in [6, 6.07) is 22.6. The monoisotopic (exact) mass is 620 g/mol. The zero-order valence-electron chi connectivity index (χ0n) is 24.3. The van der Waals surface area contributed by atoms with Crippen LogP contribution >= 0.6 is 11.8 Å². The number of anilines is 1. The quantitative estimate of drug-likeness (QED) is 0.212. The third kappa shape index (κ3) is 7.48. The zero-order valence-corrected chi connectivity index (χ0v) is 25.2. The highest BCUT2D eigenvalue weighted by atomic mass is 32.2. The number of aliphatic hydroxyl groups is 2. The third-order valence-corrected chi connectivity index (χ3v) is 8.73. The molecule has 2 fully saturated rings. The lowest BCUT2D eigenvalue weighted by Gasteiger charge is -2.41. The highest BCUT2D eigenvalue weighted by Crippen LogP contribution is 2.43. The van der Waals surface area contributed by atoms with Gasteiger partial charge in [0.15, 0.2) is 6.29 Å². The predicted octanol–water partition coefficient (Wildman–Crippen LogP) is 4.25. The molecular weight excluding hydrogens is 584 g/mol. The number of nitrogens with one attached hydrogen (secondary N) is 1. The normalized spacial score (nSPS) is 23.5. The molecule has 3 aromatic rings. The smallest absolute Gasteiger partial charge is 0.408 e. The Morgan fingerprint density at radius 3 is 2.48 bits per heavy atom. The van der Waals surface area contributed by atoms with E-state index in [2.05, 4.69) is 12.2 Å². The van der Waals surface area contributed by atoms with Crippen LogP contribution in [0.25, 0.3) is 0 Å². The number of benzene rings is 3. The lowest BCUT2D eigenvalue weighted by Crippen LogP contribution is -2.42. The number of hydrogen-bond donors (Lipinski definition) is 3. The first-order valence-corrected chi connectivity index (χ1v) is 15.7. The summed E-state index contributed by atoms with van der Waals surface area (Å²) in [4.78, 5) is 39.7. The Hall–Kier alpha value is -3.74. The van der Waals surface area contributed by atoms with Crippen LogP contribution in [0, 0.1) is 5.92 Å². The molecule has 0 bridgehead atoms. The first-order valence-electron chi connectivity index (χ1n) is 14.5. The van der Waals surface area contributed by atoms with Gasteiger partial charge in [0.25, 0.3) is 5.91 Å². The molecule has 3 amide bonds. The van der Waals surface area contributed by atoms with E-state index in [-0.39, 0.29) is 44.4 Å². The van der Waals surface area contributed by atoms with E-state index in [1.807, 2.05) is 60.7 Å². The number of nitrogens with zero attached hydrogens (tertiary/aromatic N) is 1. The van der Waals surface area contributed by atoms with Crippen LogP contribution in [0.4, 0.5) is 10.5 Å². The Kier molecular flexibility index (Phi) is 10.7. The molecule has 5 rings (SSSR count). The van der Waals surface area contributed by atoms with Crippen LogP contribution in [0.15, 0.2) is 78.9 Å². The average molecular weight is 621 g/mol. The molecule has 3 aromatic carbocycles. The number of alkyl carbamates (subject to hydrolysis) is 1. The van der Waals surface area contributed by atoms with Crippen molar-refractivity contribution >= 4 is 35.4 Å². The molecule has 232 valence electrons. The van der Waals surface area contributed by atoms with E-state index < -0.39 is 30.2 Å². The van der Waals surface area contributed by atoms with Crippen molar-refractivity contribution in [2.75, 3.05) is 23.0 Å². The Bertz CT molecular complexity index is 1440. The number of imide groups is 1. The SMILES string of the molecule is C[C@H]1[C@@H](CSCCO)O[C@@H](c2cccc(N3C(=O)CC(NC(=O)OCc4ccccc4)C3=O)c2)O[C@H]1c1ccc(CO)cc1. The summed E-state index contributed by atoms with van der Waals surface area (Å²) in [6.45, 7) is 2.11. The van der Waals surface area contributed by atoms with Crippen LogP contribution in [0.1, 0.15) is 48.0 Å². The van der Waals surface area contributed by atoms with Crippen LogP contribution in [0.5, 0.6) is 0 Å². The second-order valence-electron chi connectivity index (χ2n) is 10.7. The first-order chi connectivity index (χ1) is 21.4. The molecule has 2 heterocycles. The van der Waals surface area contributed by atoms with E-state index >= 15 is 0 Å². The van der Waals surface area contributed by atoms with E-state index in [1.54, 1.807) is 30.0 Å². The van der Waals surface area contributed by atoms with Gasteiger partial charge in [0.1, 0.15) is 12.6 Å². The van der Waals surface area contributed by atoms with Crippen LogP contribution in [-0.4, -0.2) is 58.4 Å². The van der Waals surface area contributed by atoms with Gasteiger partial charge in [0.2, 0.25) is 5.91 Å². The molecule has 10 nitrogen and oxygen atoms in total. The molecule has 0 saturated carbocycles. The van der Waals surface area contributed by atoms with Crippen molar-refractivity contribution in [1.29, 1.82) is 0 Å². The van der Waals surface area contributed by atoms with Crippen molar-refractivity contribution in [3.05, 3.63) is 101 Å². The second kappa shape index (κ2) is 14.8. The number of carbonyl (C=O) groups is 3. The van der Waals surface area contributed by atoms with Gasteiger partial charge in [-0.3, -0.25) is 9.59 Å². The molecule has 0 aliphatic carbocycles. The molecule has 2 aliphatic heterocycles. The van der Waals surface area contributed by atoms with Crippen molar-refractivity contribution < 1.29 is 38.8 Å². The second-order valence-corrected chi connectivity index (χ2v) is 11.9. The number of aliphatic hydroxyl groups excluding tert-OH is 2. The van der Waals surface area contributed by atoms with Gasteiger partial charge in [-0.05, 0) is 28.8 Å². The molecule has 44 heavy (non-hydrogen) atoms. The fraction of sp³-hybridized carbons (Fsp3) is 0.364. The van der Waals surface area contributed by atoms with Gasteiger partial charge in [-0.15, -0.1) is 0 Å². The Morgan fingerprint density at radius 1 is 0.977 bits per heavy atom. The van der Waals surface area contributed by atoms with Gasteiger partial charge in [0, 0.05) is 23.0 Å². The van der Waals surface area contributed by atoms with E-state index in [1.165, 1.54) is 0 Å². The molecule has 1 unspecified atom stereocenters. The summed E-state index contributed by atoms with van der Waals surface area (Å²) in [5, 5.41) is 21.3. The fourth-order valence-corrected chi connectivity index (χ4v) is 6.22. The molecule has 0 aromatic heterocycles. The molecule has 2 aliphatic rings. The van der Waals surface area contributed by atoms with Gasteiger partial charge in [-0.2, -0.15) is 11.8 Å². The van der Waals surface area contributed by atoms with Crippen LogP contribution in [0.3, 0.4) is 0 Å². The summed E-state index contributed by atoms with van der Waals surface area (Å²) in [5.74, 6) is 0.208. The lowest BCUT2D eigenvalue weighted by molar-refractivity contribution is -0.268. The van der Waals surface area contributed by atoms with Gasteiger partial charge >= 0.3 is 6.09 Å². The minimum absolute atomic E-state index is 0.0178. The van der Waals surface area contributed by atoms with E-state index in [0.717, 1.165) is 21.6 Å².